The first-order valence-electron chi connectivity index (χ1n) is 7.01. The number of anilines is 1. The Labute approximate surface area is 124 Å². The molecule has 0 aromatic heterocycles. The van der Waals surface area contributed by atoms with Crippen LogP contribution in [0.3, 0.4) is 0 Å². The molecule has 1 aliphatic rings. The van der Waals surface area contributed by atoms with E-state index in [9.17, 15) is 4.39 Å². The maximum Gasteiger partial charge on any atom is 0.126 e. The van der Waals surface area contributed by atoms with Crippen LogP contribution in [0.4, 0.5) is 10.1 Å². The number of halogens is 3. The van der Waals surface area contributed by atoms with Crippen LogP contribution >= 0.6 is 23.2 Å². The highest BCUT2D eigenvalue weighted by atomic mass is 35.5. The van der Waals surface area contributed by atoms with Crippen LogP contribution in [0.1, 0.15) is 45.4 Å². The highest BCUT2D eigenvalue weighted by Gasteiger charge is 2.21. The van der Waals surface area contributed by atoms with E-state index >= 15 is 0 Å². The number of hydrogen-bond acceptors (Lipinski definition) is 1. The number of benzene rings is 1. The molecule has 0 atom stereocenters. The Balaban J connectivity index is 1.96. The number of rotatable bonds is 4. The molecule has 0 unspecified atom stereocenters. The molecular formula is C15H20Cl2FN. The lowest BCUT2D eigenvalue weighted by Crippen LogP contribution is -2.26. The molecular weight excluding hydrogens is 284 g/mol. The lowest BCUT2D eigenvalue weighted by molar-refractivity contribution is 0.319. The molecule has 0 aliphatic heterocycles. The van der Waals surface area contributed by atoms with Crippen LogP contribution in [0.2, 0.25) is 10.0 Å². The van der Waals surface area contributed by atoms with Crippen molar-refractivity contribution in [2.75, 3.05) is 5.32 Å². The van der Waals surface area contributed by atoms with E-state index in [2.05, 4.69) is 12.2 Å². The van der Waals surface area contributed by atoms with E-state index in [1.165, 1.54) is 37.8 Å². The highest BCUT2D eigenvalue weighted by molar-refractivity contribution is 6.39. The summed E-state index contributed by atoms with van der Waals surface area (Å²) in [5, 5.41) is 4.10. The van der Waals surface area contributed by atoms with Gasteiger partial charge in [0.15, 0.2) is 0 Å². The van der Waals surface area contributed by atoms with Gasteiger partial charge in [-0.25, -0.2) is 4.39 Å². The second kappa shape index (κ2) is 6.81. The van der Waals surface area contributed by atoms with Gasteiger partial charge in [0.05, 0.1) is 15.7 Å². The van der Waals surface area contributed by atoms with Crippen molar-refractivity contribution in [3.05, 3.63) is 28.0 Å². The van der Waals surface area contributed by atoms with E-state index in [4.69, 9.17) is 23.2 Å². The molecule has 0 spiro atoms. The molecule has 0 amide bonds. The Morgan fingerprint density at radius 1 is 1.16 bits per heavy atom. The van der Waals surface area contributed by atoms with Gasteiger partial charge in [-0.3, -0.25) is 0 Å². The number of hydrogen-bond donors (Lipinski definition) is 1. The number of nitrogens with one attached hydrogen (secondary N) is 1. The molecule has 1 N–H and O–H groups in total. The van der Waals surface area contributed by atoms with Crippen molar-refractivity contribution in [3.63, 3.8) is 0 Å². The molecule has 0 bridgehead atoms. The molecule has 4 heteroatoms. The van der Waals surface area contributed by atoms with Gasteiger partial charge in [-0.1, -0.05) is 43.0 Å². The van der Waals surface area contributed by atoms with Gasteiger partial charge in [0.1, 0.15) is 5.82 Å². The SMILES string of the molecule is CCCC1CCC(Nc2c(Cl)cc(F)cc2Cl)CC1. The van der Waals surface area contributed by atoms with Gasteiger partial charge >= 0.3 is 0 Å². The fraction of sp³-hybridized carbons (Fsp3) is 0.600. The smallest absolute Gasteiger partial charge is 0.126 e. The first kappa shape index (κ1) is 14.9. The minimum absolute atomic E-state index is 0.362. The van der Waals surface area contributed by atoms with Crippen LogP contribution in [0.5, 0.6) is 0 Å². The van der Waals surface area contributed by atoms with Crippen molar-refractivity contribution in [2.24, 2.45) is 5.92 Å². The van der Waals surface area contributed by atoms with Gasteiger partial charge < -0.3 is 5.32 Å². The van der Waals surface area contributed by atoms with Crippen LogP contribution < -0.4 is 5.32 Å². The molecule has 1 aliphatic carbocycles. The average Bonchev–Trinajstić information content (AvgIpc) is 2.36. The maximum atomic E-state index is 13.1. The molecule has 1 saturated carbocycles. The topological polar surface area (TPSA) is 12.0 Å². The molecule has 1 fully saturated rings. The monoisotopic (exact) mass is 303 g/mol. The van der Waals surface area contributed by atoms with E-state index in [0.717, 1.165) is 18.8 Å². The predicted molar refractivity (Wildman–Crippen MR) is 80.7 cm³/mol. The summed E-state index contributed by atoms with van der Waals surface area (Å²) in [7, 11) is 0. The third-order valence-electron chi connectivity index (χ3n) is 3.90. The van der Waals surface area contributed by atoms with Gasteiger partial charge in [-0.2, -0.15) is 0 Å². The molecule has 106 valence electrons. The van der Waals surface area contributed by atoms with Crippen molar-refractivity contribution in [1.29, 1.82) is 0 Å². The van der Waals surface area contributed by atoms with Crippen LogP contribution in [0.15, 0.2) is 12.1 Å². The predicted octanol–water partition coefficient (Wildman–Crippen LogP) is 5.90. The summed E-state index contributed by atoms with van der Waals surface area (Å²) in [6.45, 7) is 2.24. The van der Waals surface area contributed by atoms with Crippen LogP contribution in [0.25, 0.3) is 0 Å². The van der Waals surface area contributed by atoms with Crippen molar-refractivity contribution >= 4 is 28.9 Å². The summed E-state index contributed by atoms with van der Waals surface area (Å²) >= 11 is 12.1. The second-order valence-electron chi connectivity index (χ2n) is 5.40. The van der Waals surface area contributed by atoms with Crippen LogP contribution in [-0.2, 0) is 0 Å². The zero-order valence-corrected chi connectivity index (χ0v) is 12.7. The van der Waals surface area contributed by atoms with Gasteiger partial charge in [0, 0.05) is 6.04 Å². The van der Waals surface area contributed by atoms with Gasteiger partial charge in [0.2, 0.25) is 0 Å². The maximum absolute atomic E-state index is 13.1. The second-order valence-corrected chi connectivity index (χ2v) is 6.21. The summed E-state index contributed by atoms with van der Waals surface area (Å²) in [6, 6.07) is 3.00. The van der Waals surface area contributed by atoms with E-state index in [1.807, 2.05) is 0 Å². The molecule has 1 aromatic rings. The Kier molecular flexibility index (Phi) is 5.35. The third kappa shape index (κ3) is 4.00. The Morgan fingerprint density at radius 3 is 2.26 bits per heavy atom. The Hall–Kier alpha value is -0.470. The minimum Gasteiger partial charge on any atom is -0.380 e. The largest absolute Gasteiger partial charge is 0.380 e. The van der Waals surface area contributed by atoms with Crippen LogP contribution in [0, 0.1) is 11.7 Å². The van der Waals surface area contributed by atoms with Crippen LogP contribution in [-0.4, -0.2) is 6.04 Å². The molecule has 0 radical (unpaired) electrons. The molecule has 1 nitrogen and oxygen atoms in total. The van der Waals surface area contributed by atoms with Gasteiger partial charge in [0.25, 0.3) is 0 Å². The van der Waals surface area contributed by atoms with E-state index in [-0.39, 0.29) is 0 Å². The lowest BCUT2D eigenvalue weighted by Gasteiger charge is -2.30. The molecule has 19 heavy (non-hydrogen) atoms. The van der Waals surface area contributed by atoms with Crippen molar-refractivity contribution in [3.8, 4) is 0 Å². The first-order valence-corrected chi connectivity index (χ1v) is 7.76. The summed E-state index contributed by atoms with van der Waals surface area (Å²) in [6.07, 6.45) is 7.36. The summed E-state index contributed by atoms with van der Waals surface area (Å²) < 4.78 is 13.1. The van der Waals surface area contributed by atoms with Crippen molar-refractivity contribution < 1.29 is 4.39 Å². The summed E-state index contributed by atoms with van der Waals surface area (Å²) in [4.78, 5) is 0. The third-order valence-corrected chi connectivity index (χ3v) is 4.50. The van der Waals surface area contributed by atoms with Gasteiger partial charge in [-0.05, 0) is 43.7 Å². The van der Waals surface area contributed by atoms with E-state index in [0.29, 0.717) is 21.8 Å². The fourth-order valence-corrected chi connectivity index (χ4v) is 3.46. The normalized spacial score (nSPS) is 23.4. The van der Waals surface area contributed by atoms with E-state index < -0.39 is 5.82 Å². The molecule has 0 saturated heterocycles. The quantitative estimate of drug-likeness (QED) is 0.730. The zero-order valence-electron chi connectivity index (χ0n) is 11.2. The Morgan fingerprint density at radius 2 is 1.74 bits per heavy atom. The van der Waals surface area contributed by atoms with Crippen molar-refractivity contribution in [2.45, 2.75) is 51.5 Å². The van der Waals surface area contributed by atoms with Crippen molar-refractivity contribution in [1.82, 2.24) is 0 Å². The standard InChI is InChI=1S/C15H20Cl2FN/c1-2-3-10-4-6-12(7-5-10)19-15-13(16)8-11(18)9-14(15)17/h8-10,12,19H,2-7H2,1H3. The summed E-state index contributed by atoms with van der Waals surface area (Å²) in [5.74, 6) is 0.467. The van der Waals surface area contributed by atoms with Gasteiger partial charge in [-0.15, -0.1) is 0 Å². The zero-order chi connectivity index (χ0) is 13.8. The Bertz CT molecular complexity index is 405. The fourth-order valence-electron chi connectivity index (χ4n) is 2.89. The highest BCUT2D eigenvalue weighted by Crippen LogP contribution is 2.35. The minimum atomic E-state index is -0.396. The molecule has 0 heterocycles. The summed E-state index contributed by atoms with van der Waals surface area (Å²) in [5.41, 5.74) is 0.670. The van der Waals surface area contributed by atoms with E-state index in [1.54, 1.807) is 0 Å². The molecule has 2 rings (SSSR count). The molecule has 1 aromatic carbocycles. The average molecular weight is 304 g/mol. The lowest BCUT2D eigenvalue weighted by atomic mass is 9.83. The first-order chi connectivity index (χ1) is 9.10.